The molecule has 0 atom stereocenters. The highest BCUT2D eigenvalue weighted by Gasteiger charge is 2.19. The number of hydrogen-bond acceptors (Lipinski definition) is 5. The van der Waals surface area contributed by atoms with Crippen LogP contribution in [0.25, 0.3) is 10.2 Å². The normalized spacial score (nSPS) is 10.6. The Morgan fingerprint density at radius 3 is 3.04 bits per heavy atom. The summed E-state index contributed by atoms with van der Waals surface area (Å²) < 4.78 is 6.87. The molecule has 3 rings (SSSR count). The van der Waals surface area contributed by atoms with Gasteiger partial charge in [-0.15, -0.1) is 11.3 Å². The third kappa shape index (κ3) is 3.32. The lowest BCUT2D eigenvalue weighted by Gasteiger charge is -2.07. The zero-order valence-electron chi connectivity index (χ0n) is 13.9. The largest absolute Gasteiger partial charge is 0.489 e. The number of rotatable bonds is 5. The fourth-order valence-electron chi connectivity index (χ4n) is 2.43. The van der Waals surface area contributed by atoms with E-state index in [0.717, 1.165) is 0 Å². The van der Waals surface area contributed by atoms with Crippen LogP contribution in [0.3, 0.4) is 0 Å². The summed E-state index contributed by atoms with van der Waals surface area (Å²) in [4.78, 5) is 30.2. The molecular weight excluding hydrogens is 338 g/mol. The second-order valence-corrected chi connectivity index (χ2v) is 6.48. The molecule has 0 radical (unpaired) electrons. The number of carbonyl (C=O) groups is 1. The zero-order chi connectivity index (χ0) is 18.0. The molecule has 1 amide bonds. The van der Waals surface area contributed by atoms with Crippen molar-refractivity contribution in [3.8, 4) is 5.75 Å². The van der Waals surface area contributed by atoms with Gasteiger partial charge in [0.2, 0.25) is 0 Å². The lowest BCUT2D eigenvalue weighted by Crippen LogP contribution is -2.17. The van der Waals surface area contributed by atoms with Crippen molar-refractivity contribution in [1.82, 2.24) is 9.55 Å². The maximum atomic E-state index is 12.6. The Morgan fingerprint density at radius 1 is 1.48 bits per heavy atom. The first-order chi connectivity index (χ1) is 12.0. The Kier molecular flexibility index (Phi) is 4.67. The average Bonchev–Trinajstić information content (AvgIpc) is 2.94. The second-order valence-electron chi connectivity index (χ2n) is 5.48. The number of nitrogens with zero attached hydrogens (tertiary/aromatic N) is 2. The molecule has 128 valence electrons. The number of benzene rings is 1. The molecule has 0 bridgehead atoms. The number of ether oxygens (including phenoxy) is 1. The highest BCUT2D eigenvalue weighted by atomic mass is 32.1. The first-order valence-corrected chi connectivity index (χ1v) is 8.42. The van der Waals surface area contributed by atoms with Crippen molar-refractivity contribution in [3.05, 3.63) is 64.0 Å². The molecule has 6 nitrogen and oxygen atoms in total. The number of nitrogens with one attached hydrogen (secondary N) is 1. The van der Waals surface area contributed by atoms with Gasteiger partial charge in [-0.2, -0.15) is 0 Å². The van der Waals surface area contributed by atoms with E-state index < -0.39 is 0 Å². The van der Waals surface area contributed by atoms with Crippen molar-refractivity contribution >= 4 is 33.1 Å². The molecule has 0 saturated carbocycles. The SMILES string of the molecule is C=CCOc1cccc(NC(=O)c2sc3ncn(C)c(=O)c3c2C)c1. The molecule has 0 saturated heterocycles. The molecule has 0 fully saturated rings. The monoisotopic (exact) mass is 355 g/mol. The number of thiophene rings is 1. The quantitative estimate of drug-likeness (QED) is 0.714. The predicted octanol–water partition coefficient (Wildman–Crippen LogP) is 3.12. The highest BCUT2D eigenvalue weighted by molar-refractivity contribution is 7.20. The minimum Gasteiger partial charge on any atom is -0.489 e. The third-order valence-corrected chi connectivity index (χ3v) is 4.88. The van der Waals surface area contributed by atoms with E-state index in [1.807, 2.05) is 0 Å². The summed E-state index contributed by atoms with van der Waals surface area (Å²) in [6.45, 7) is 5.76. The van der Waals surface area contributed by atoms with Crippen molar-refractivity contribution in [3.63, 3.8) is 0 Å². The fourth-order valence-corrected chi connectivity index (χ4v) is 3.47. The number of carbonyl (C=O) groups excluding carboxylic acids is 1. The van der Waals surface area contributed by atoms with Gasteiger partial charge in [-0.3, -0.25) is 9.59 Å². The number of fused-ring (bicyclic) bond motifs is 1. The van der Waals surface area contributed by atoms with Gasteiger partial charge in [0.15, 0.2) is 0 Å². The van der Waals surface area contributed by atoms with E-state index >= 15 is 0 Å². The summed E-state index contributed by atoms with van der Waals surface area (Å²) in [5.74, 6) is 0.365. The summed E-state index contributed by atoms with van der Waals surface area (Å²) in [6, 6.07) is 7.11. The van der Waals surface area contributed by atoms with Crippen LogP contribution in [0, 0.1) is 6.92 Å². The maximum absolute atomic E-state index is 12.6. The molecule has 1 N–H and O–H groups in total. The van der Waals surface area contributed by atoms with Crippen molar-refractivity contribution in [2.75, 3.05) is 11.9 Å². The first-order valence-electron chi connectivity index (χ1n) is 7.61. The van der Waals surface area contributed by atoms with Gasteiger partial charge >= 0.3 is 0 Å². The molecule has 0 aliphatic rings. The maximum Gasteiger partial charge on any atom is 0.266 e. The number of aryl methyl sites for hydroxylation is 2. The van der Waals surface area contributed by atoms with Crippen LogP contribution in [0.15, 0.2) is 48.0 Å². The van der Waals surface area contributed by atoms with Crippen molar-refractivity contribution < 1.29 is 9.53 Å². The minimum atomic E-state index is -0.275. The summed E-state index contributed by atoms with van der Waals surface area (Å²) in [5, 5.41) is 3.33. The molecule has 2 aromatic heterocycles. The zero-order valence-corrected chi connectivity index (χ0v) is 14.7. The van der Waals surface area contributed by atoms with Crippen LogP contribution in [-0.2, 0) is 7.05 Å². The van der Waals surface area contributed by atoms with Gasteiger partial charge in [-0.25, -0.2) is 4.98 Å². The Morgan fingerprint density at radius 2 is 2.28 bits per heavy atom. The van der Waals surface area contributed by atoms with Crippen LogP contribution in [0.5, 0.6) is 5.75 Å². The Labute approximate surface area is 148 Å². The number of amides is 1. The second kappa shape index (κ2) is 6.90. The van der Waals surface area contributed by atoms with Gasteiger partial charge in [0.25, 0.3) is 11.5 Å². The topological polar surface area (TPSA) is 73.2 Å². The van der Waals surface area contributed by atoms with E-state index in [1.54, 1.807) is 44.3 Å². The van der Waals surface area contributed by atoms with Crippen LogP contribution in [-0.4, -0.2) is 22.1 Å². The van der Waals surface area contributed by atoms with E-state index in [9.17, 15) is 9.59 Å². The van der Waals surface area contributed by atoms with Crippen LogP contribution in [0.2, 0.25) is 0 Å². The molecular formula is C18H17N3O3S. The van der Waals surface area contributed by atoms with E-state index in [1.165, 1.54) is 22.2 Å². The van der Waals surface area contributed by atoms with Gasteiger partial charge < -0.3 is 14.6 Å². The van der Waals surface area contributed by atoms with Crippen LogP contribution >= 0.6 is 11.3 Å². The lowest BCUT2D eigenvalue weighted by molar-refractivity contribution is 0.103. The summed E-state index contributed by atoms with van der Waals surface area (Å²) in [6.07, 6.45) is 3.11. The van der Waals surface area contributed by atoms with Crippen molar-refractivity contribution in [2.45, 2.75) is 6.92 Å². The molecule has 0 spiro atoms. The summed E-state index contributed by atoms with van der Waals surface area (Å²) in [5.41, 5.74) is 1.10. The van der Waals surface area contributed by atoms with Gasteiger partial charge in [0, 0.05) is 18.8 Å². The molecule has 0 aliphatic heterocycles. The Bertz CT molecular complexity index is 1020. The van der Waals surface area contributed by atoms with Crippen LogP contribution in [0.4, 0.5) is 5.69 Å². The average molecular weight is 355 g/mol. The molecule has 25 heavy (non-hydrogen) atoms. The molecule has 2 heterocycles. The molecule has 7 heteroatoms. The van der Waals surface area contributed by atoms with Crippen molar-refractivity contribution in [2.24, 2.45) is 7.05 Å². The molecule has 1 aromatic carbocycles. The van der Waals surface area contributed by atoms with Gasteiger partial charge in [-0.1, -0.05) is 18.7 Å². The lowest BCUT2D eigenvalue weighted by atomic mass is 10.2. The third-order valence-electron chi connectivity index (χ3n) is 3.68. The number of hydrogen-bond donors (Lipinski definition) is 1. The minimum absolute atomic E-state index is 0.155. The van der Waals surface area contributed by atoms with E-state index in [0.29, 0.717) is 38.7 Å². The van der Waals surface area contributed by atoms with E-state index in [2.05, 4.69) is 16.9 Å². The summed E-state index contributed by atoms with van der Waals surface area (Å²) in [7, 11) is 1.64. The molecule has 0 aliphatic carbocycles. The van der Waals surface area contributed by atoms with Gasteiger partial charge in [0.1, 0.15) is 17.2 Å². The Balaban J connectivity index is 1.90. The van der Waals surface area contributed by atoms with E-state index in [-0.39, 0.29) is 11.5 Å². The number of anilines is 1. The highest BCUT2D eigenvalue weighted by Crippen LogP contribution is 2.28. The standard InChI is InChI=1S/C18H17N3O3S/c1-4-8-24-13-7-5-6-12(9-13)20-16(22)15-11(2)14-17(25-15)19-10-21(3)18(14)23/h4-7,9-10H,1,8H2,2-3H3,(H,20,22). The predicted molar refractivity (Wildman–Crippen MR) is 99.7 cm³/mol. The smallest absolute Gasteiger partial charge is 0.266 e. The van der Waals surface area contributed by atoms with Crippen LogP contribution in [0.1, 0.15) is 15.2 Å². The first kappa shape index (κ1) is 16.9. The fraction of sp³-hybridized carbons (Fsp3) is 0.167. The molecule has 3 aromatic rings. The van der Waals surface area contributed by atoms with E-state index in [4.69, 9.17) is 4.74 Å². The summed E-state index contributed by atoms with van der Waals surface area (Å²) >= 11 is 1.21. The van der Waals surface area contributed by atoms with Crippen molar-refractivity contribution in [1.29, 1.82) is 0 Å². The Hall–Kier alpha value is -2.93. The van der Waals surface area contributed by atoms with Gasteiger partial charge in [0.05, 0.1) is 16.6 Å². The number of aromatic nitrogens is 2. The van der Waals surface area contributed by atoms with Gasteiger partial charge in [-0.05, 0) is 24.6 Å². The molecule has 0 unspecified atom stereocenters. The van der Waals surface area contributed by atoms with Crippen LogP contribution < -0.4 is 15.6 Å².